The van der Waals surface area contributed by atoms with Crippen LogP contribution >= 0.6 is 11.6 Å². The van der Waals surface area contributed by atoms with Crippen molar-refractivity contribution in [1.29, 1.82) is 0 Å². The van der Waals surface area contributed by atoms with Crippen molar-refractivity contribution >= 4 is 17.6 Å². The van der Waals surface area contributed by atoms with Gasteiger partial charge in [0.25, 0.3) is 0 Å². The summed E-state index contributed by atoms with van der Waals surface area (Å²) in [5.41, 5.74) is 0. The SMILES string of the molecule is COC(=O)CC(C)(C)Cl. The number of hydrogen-bond acceptors (Lipinski definition) is 2. The smallest absolute Gasteiger partial charge is 0.307 e. The molecule has 0 bridgehead atoms. The Labute approximate surface area is 60.1 Å². The number of esters is 1. The summed E-state index contributed by atoms with van der Waals surface area (Å²) in [5.74, 6) is -0.269. The minimum absolute atomic E-state index is 0.255. The van der Waals surface area contributed by atoms with Gasteiger partial charge in [-0.15, -0.1) is 11.6 Å². The summed E-state index contributed by atoms with van der Waals surface area (Å²) in [6.07, 6.45) is 0.255. The van der Waals surface area contributed by atoms with Crippen LogP contribution in [0.2, 0.25) is 0 Å². The van der Waals surface area contributed by atoms with Crippen LogP contribution in [0.1, 0.15) is 20.3 Å². The molecule has 0 aliphatic carbocycles. The Morgan fingerprint density at radius 2 is 2.11 bits per heavy atom. The fourth-order valence-electron chi connectivity index (χ4n) is 0.415. The number of ether oxygens (including phenoxy) is 1. The van der Waals surface area contributed by atoms with Gasteiger partial charge in [0, 0.05) is 4.87 Å². The van der Waals surface area contributed by atoms with Gasteiger partial charge in [0.2, 0.25) is 0 Å². The zero-order valence-corrected chi connectivity index (χ0v) is 6.66. The third-order valence-electron chi connectivity index (χ3n) is 0.792. The Morgan fingerprint density at radius 1 is 1.67 bits per heavy atom. The highest BCUT2D eigenvalue weighted by molar-refractivity contribution is 6.24. The summed E-state index contributed by atoms with van der Waals surface area (Å²) < 4.78 is 4.40. The van der Waals surface area contributed by atoms with Gasteiger partial charge in [0.15, 0.2) is 0 Å². The fraction of sp³-hybridized carbons (Fsp3) is 0.833. The van der Waals surface area contributed by atoms with Crippen molar-refractivity contribution in [1.82, 2.24) is 0 Å². The van der Waals surface area contributed by atoms with E-state index in [0.29, 0.717) is 0 Å². The summed E-state index contributed by atoms with van der Waals surface area (Å²) >= 11 is 5.71. The predicted octanol–water partition coefficient (Wildman–Crippen LogP) is 1.57. The maximum Gasteiger partial charge on any atom is 0.307 e. The van der Waals surface area contributed by atoms with Crippen LogP contribution in [0.15, 0.2) is 0 Å². The Bertz CT molecular complexity index is 104. The van der Waals surface area contributed by atoms with Gasteiger partial charge in [-0.2, -0.15) is 0 Å². The maximum absolute atomic E-state index is 10.5. The van der Waals surface area contributed by atoms with Crippen LogP contribution in [0.4, 0.5) is 0 Å². The van der Waals surface area contributed by atoms with Gasteiger partial charge in [-0.05, 0) is 13.8 Å². The Morgan fingerprint density at radius 3 is 2.22 bits per heavy atom. The first-order chi connectivity index (χ1) is 3.95. The molecule has 0 aliphatic rings. The Hall–Kier alpha value is -0.240. The molecule has 3 heteroatoms. The molecule has 0 aromatic carbocycles. The van der Waals surface area contributed by atoms with E-state index in [1.165, 1.54) is 7.11 Å². The molecule has 0 aromatic rings. The molecule has 0 saturated heterocycles. The molecule has 0 heterocycles. The molecule has 2 nitrogen and oxygen atoms in total. The van der Waals surface area contributed by atoms with Gasteiger partial charge in [-0.25, -0.2) is 0 Å². The number of rotatable bonds is 2. The lowest BCUT2D eigenvalue weighted by Gasteiger charge is -2.12. The van der Waals surface area contributed by atoms with Gasteiger partial charge in [0.1, 0.15) is 0 Å². The first-order valence-corrected chi connectivity index (χ1v) is 3.09. The van der Waals surface area contributed by atoms with Gasteiger partial charge >= 0.3 is 5.97 Å². The Kier molecular flexibility index (Phi) is 2.98. The first-order valence-electron chi connectivity index (χ1n) is 2.71. The molecule has 0 fully saturated rings. The van der Waals surface area contributed by atoms with E-state index in [0.717, 1.165) is 0 Å². The molecule has 0 radical (unpaired) electrons. The molecule has 0 aliphatic heterocycles. The van der Waals surface area contributed by atoms with E-state index in [4.69, 9.17) is 11.6 Å². The summed E-state index contributed by atoms with van der Waals surface area (Å²) in [6, 6.07) is 0. The van der Waals surface area contributed by atoms with Crippen LogP contribution in [-0.4, -0.2) is 18.0 Å². The molecule has 0 aromatic heterocycles. The Balaban J connectivity index is 3.60. The molecule has 0 atom stereocenters. The van der Waals surface area contributed by atoms with Gasteiger partial charge < -0.3 is 4.74 Å². The lowest BCUT2D eigenvalue weighted by atomic mass is 10.1. The summed E-state index contributed by atoms with van der Waals surface area (Å²) in [5, 5.41) is 0. The first kappa shape index (κ1) is 8.76. The zero-order chi connectivity index (χ0) is 7.49. The second kappa shape index (κ2) is 3.06. The topological polar surface area (TPSA) is 26.3 Å². The summed E-state index contributed by atoms with van der Waals surface area (Å²) in [6.45, 7) is 3.54. The van der Waals surface area contributed by atoms with Crippen molar-refractivity contribution in [3.05, 3.63) is 0 Å². The molecule has 0 N–H and O–H groups in total. The predicted molar refractivity (Wildman–Crippen MR) is 36.6 cm³/mol. The molecular weight excluding hydrogens is 140 g/mol. The number of halogens is 1. The summed E-state index contributed by atoms with van der Waals surface area (Å²) in [7, 11) is 1.35. The molecule has 0 spiro atoms. The lowest BCUT2D eigenvalue weighted by molar-refractivity contribution is -0.141. The minimum Gasteiger partial charge on any atom is -0.469 e. The van der Waals surface area contributed by atoms with E-state index in [2.05, 4.69) is 4.74 Å². The normalized spacial score (nSPS) is 11.1. The number of carbonyl (C=O) groups is 1. The second-order valence-corrected chi connectivity index (χ2v) is 3.49. The largest absolute Gasteiger partial charge is 0.469 e. The standard InChI is InChI=1S/C6H11ClO2/c1-6(2,7)4-5(8)9-3/h4H2,1-3H3. The monoisotopic (exact) mass is 150 g/mol. The van der Waals surface area contributed by atoms with E-state index >= 15 is 0 Å². The maximum atomic E-state index is 10.5. The van der Waals surface area contributed by atoms with Crippen LogP contribution in [0, 0.1) is 0 Å². The number of hydrogen-bond donors (Lipinski definition) is 0. The van der Waals surface area contributed by atoms with Gasteiger partial charge in [0.05, 0.1) is 13.5 Å². The second-order valence-electron chi connectivity index (χ2n) is 2.47. The third-order valence-corrected chi connectivity index (χ3v) is 0.926. The van der Waals surface area contributed by atoms with E-state index in [9.17, 15) is 4.79 Å². The molecule has 54 valence electrons. The highest BCUT2D eigenvalue weighted by Gasteiger charge is 2.18. The van der Waals surface area contributed by atoms with E-state index in [1.54, 1.807) is 13.8 Å². The van der Waals surface area contributed by atoms with Crippen LogP contribution in [0.25, 0.3) is 0 Å². The van der Waals surface area contributed by atoms with Gasteiger partial charge in [-0.3, -0.25) is 4.79 Å². The average molecular weight is 151 g/mol. The highest BCUT2D eigenvalue weighted by atomic mass is 35.5. The highest BCUT2D eigenvalue weighted by Crippen LogP contribution is 2.17. The van der Waals surface area contributed by atoms with E-state index < -0.39 is 4.87 Å². The summed E-state index contributed by atoms with van der Waals surface area (Å²) in [4.78, 5) is 10.0. The fourth-order valence-corrected chi connectivity index (χ4v) is 0.525. The number of carbonyl (C=O) groups excluding carboxylic acids is 1. The van der Waals surface area contributed by atoms with Crippen molar-refractivity contribution in [2.75, 3.05) is 7.11 Å². The molecular formula is C6H11ClO2. The molecule has 0 unspecified atom stereocenters. The van der Waals surface area contributed by atoms with Crippen LogP contribution in [0.3, 0.4) is 0 Å². The zero-order valence-electron chi connectivity index (χ0n) is 5.90. The van der Waals surface area contributed by atoms with Crippen molar-refractivity contribution in [3.63, 3.8) is 0 Å². The van der Waals surface area contributed by atoms with Crippen molar-refractivity contribution in [3.8, 4) is 0 Å². The van der Waals surface area contributed by atoms with Crippen LogP contribution in [-0.2, 0) is 9.53 Å². The third kappa shape index (κ3) is 5.63. The number of alkyl halides is 1. The van der Waals surface area contributed by atoms with Crippen LogP contribution in [0.5, 0.6) is 0 Å². The number of methoxy groups -OCH3 is 1. The van der Waals surface area contributed by atoms with Crippen molar-refractivity contribution in [2.45, 2.75) is 25.1 Å². The van der Waals surface area contributed by atoms with E-state index in [-0.39, 0.29) is 12.4 Å². The quantitative estimate of drug-likeness (QED) is 0.441. The van der Waals surface area contributed by atoms with Gasteiger partial charge in [-0.1, -0.05) is 0 Å². The lowest BCUT2D eigenvalue weighted by Crippen LogP contribution is -2.17. The molecule has 9 heavy (non-hydrogen) atoms. The van der Waals surface area contributed by atoms with Crippen molar-refractivity contribution in [2.24, 2.45) is 0 Å². The molecule has 0 saturated carbocycles. The van der Waals surface area contributed by atoms with Crippen LogP contribution < -0.4 is 0 Å². The average Bonchev–Trinajstić information content (AvgIpc) is 1.62. The molecule has 0 rings (SSSR count). The molecule has 0 amide bonds. The minimum atomic E-state index is -0.479. The van der Waals surface area contributed by atoms with Crippen molar-refractivity contribution < 1.29 is 9.53 Å². The van der Waals surface area contributed by atoms with E-state index in [1.807, 2.05) is 0 Å².